The first kappa shape index (κ1) is 12.8. The molecule has 1 fully saturated rings. The van der Waals surface area contributed by atoms with Gasteiger partial charge in [0.2, 0.25) is 0 Å². The minimum atomic E-state index is -0.173. The Hall–Kier alpha value is -1.19. The van der Waals surface area contributed by atoms with Gasteiger partial charge in [-0.15, -0.1) is 0 Å². The number of fused-ring (bicyclic) bond motifs is 1. The fourth-order valence-electron chi connectivity index (χ4n) is 2.97. The fraction of sp³-hybridized carbons (Fsp3) is 0.357. The van der Waals surface area contributed by atoms with E-state index < -0.39 is 0 Å². The molecule has 1 aromatic carbocycles. The summed E-state index contributed by atoms with van der Waals surface area (Å²) in [4.78, 5) is 14.1. The summed E-state index contributed by atoms with van der Waals surface area (Å²) in [5, 5.41) is 11.3. The maximum absolute atomic E-state index is 12.4. The van der Waals surface area contributed by atoms with Crippen LogP contribution in [0.3, 0.4) is 0 Å². The van der Waals surface area contributed by atoms with Crippen molar-refractivity contribution in [2.75, 3.05) is 6.54 Å². The summed E-state index contributed by atoms with van der Waals surface area (Å²) in [6, 6.07) is 3.18. The van der Waals surface area contributed by atoms with Crippen molar-refractivity contribution in [3.8, 4) is 0 Å². The molecule has 5 heteroatoms. The number of aryl methyl sites for hydroxylation is 1. The Labute approximate surface area is 121 Å². The van der Waals surface area contributed by atoms with Crippen molar-refractivity contribution < 1.29 is 9.90 Å². The highest BCUT2D eigenvalue weighted by Gasteiger charge is 2.43. The standard InChI is InChI=1S/C14H13Cl2NO2/c1-7-5-8(15)6-9(16)11(7)12-13(18)10-3-2-4-17(10)14(12)19/h5-6,10,18H,2-4H2,1H3. The molecule has 3 rings (SSSR count). The van der Waals surface area contributed by atoms with E-state index in [1.807, 2.05) is 6.92 Å². The van der Waals surface area contributed by atoms with Gasteiger partial charge in [-0.1, -0.05) is 23.2 Å². The Bertz CT molecular complexity index is 586. The second kappa shape index (κ2) is 4.43. The first-order valence-electron chi connectivity index (χ1n) is 6.21. The van der Waals surface area contributed by atoms with E-state index >= 15 is 0 Å². The third kappa shape index (κ3) is 1.84. The third-order valence-electron chi connectivity index (χ3n) is 3.80. The van der Waals surface area contributed by atoms with E-state index in [0.29, 0.717) is 27.7 Å². The molecule has 0 saturated carbocycles. The lowest BCUT2D eigenvalue weighted by molar-refractivity contribution is -0.124. The number of halogens is 2. The number of amides is 1. The lowest BCUT2D eigenvalue weighted by Crippen LogP contribution is -2.29. The molecule has 2 aliphatic rings. The predicted molar refractivity (Wildman–Crippen MR) is 75.5 cm³/mol. The number of hydrogen-bond donors (Lipinski definition) is 1. The molecule has 1 unspecified atom stereocenters. The Morgan fingerprint density at radius 2 is 2.11 bits per heavy atom. The molecule has 1 amide bonds. The maximum Gasteiger partial charge on any atom is 0.258 e. The van der Waals surface area contributed by atoms with Crippen LogP contribution in [0.1, 0.15) is 24.0 Å². The van der Waals surface area contributed by atoms with Gasteiger partial charge in [-0.2, -0.15) is 0 Å². The number of benzene rings is 1. The van der Waals surface area contributed by atoms with Crippen LogP contribution in [-0.4, -0.2) is 28.5 Å². The largest absolute Gasteiger partial charge is 0.509 e. The average molecular weight is 298 g/mol. The van der Waals surface area contributed by atoms with Crippen molar-refractivity contribution in [2.24, 2.45) is 0 Å². The number of carbonyl (C=O) groups excluding carboxylic acids is 1. The van der Waals surface area contributed by atoms with Crippen LogP contribution in [0.5, 0.6) is 0 Å². The topological polar surface area (TPSA) is 40.5 Å². The molecule has 2 heterocycles. The van der Waals surface area contributed by atoms with Gasteiger partial charge in [0.15, 0.2) is 0 Å². The van der Waals surface area contributed by atoms with Gasteiger partial charge in [-0.05, 0) is 37.5 Å². The predicted octanol–water partition coefficient (Wildman–Crippen LogP) is 3.58. The van der Waals surface area contributed by atoms with Crippen molar-refractivity contribution in [2.45, 2.75) is 25.8 Å². The van der Waals surface area contributed by atoms with E-state index in [0.717, 1.165) is 18.4 Å². The zero-order valence-corrected chi connectivity index (χ0v) is 11.9. The Kier molecular flexibility index (Phi) is 2.99. The van der Waals surface area contributed by atoms with Gasteiger partial charge in [0, 0.05) is 17.1 Å². The summed E-state index contributed by atoms with van der Waals surface area (Å²) in [6.07, 6.45) is 1.74. The molecule has 0 bridgehead atoms. The monoisotopic (exact) mass is 297 g/mol. The third-order valence-corrected chi connectivity index (χ3v) is 4.32. The van der Waals surface area contributed by atoms with Gasteiger partial charge in [-0.3, -0.25) is 4.79 Å². The van der Waals surface area contributed by atoms with Crippen molar-refractivity contribution in [1.29, 1.82) is 0 Å². The average Bonchev–Trinajstić information content (AvgIpc) is 2.87. The number of nitrogens with zero attached hydrogens (tertiary/aromatic N) is 1. The molecule has 1 saturated heterocycles. The van der Waals surface area contributed by atoms with Gasteiger partial charge in [0.25, 0.3) is 5.91 Å². The number of carbonyl (C=O) groups is 1. The molecule has 1 N–H and O–H groups in total. The molecule has 0 radical (unpaired) electrons. The quantitative estimate of drug-likeness (QED) is 0.861. The van der Waals surface area contributed by atoms with Crippen LogP contribution in [-0.2, 0) is 4.79 Å². The zero-order valence-electron chi connectivity index (χ0n) is 10.4. The van der Waals surface area contributed by atoms with Crippen molar-refractivity contribution in [3.63, 3.8) is 0 Å². The number of aliphatic hydroxyl groups excluding tert-OH is 1. The van der Waals surface area contributed by atoms with E-state index in [-0.39, 0.29) is 17.7 Å². The lowest BCUT2D eigenvalue weighted by Gasteiger charge is -2.15. The smallest absolute Gasteiger partial charge is 0.258 e. The SMILES string of the molecule is Cc1cc(Cl)cc(Cl)c1C1=C(O)C2CCCN2C1=O. The van der Waals surface area contributed by atoms with Gasteiger partial charge in [0.05, 0.1) is 16.6 Å². The molecule has 0 aromatic heterocycles. The van der Waals surface area contributed by atoms with E-state index in [4.69, 9.17) is 23.2 Å². The van der Waals surface area contributed by atoms with E-state index in [2.05, 4.69) is 0 Å². The summed E-state index contributed by atoms with van der Waals surface area (Å²) in [6.45, 7) is 2.53. The minimum Gasteiger partial charge on any atom is -0.509 e. The Morgan fingerprint density at radius 1 is 1.37 bits per heavy atom. The van der Waals surface area contributed by atoms with Crippen LogP contribution in [0.25, 0.3) is 5.57 Å². The summed E-state index contributed by atoms with van der Waals surface area (Å²) < 4.78 is 0. The normalized spacial score (nSPS) is 22.4. The molecule has 0 aliphatic carbocycles. The number of rotatable bonds is 1. The first-order chi connectivity index (χ1) is 9.00. The van der Waals surface area contributed by atoms with Gasteiger partial charge < -0.3 is 10.0 Å². The second-order valence-electron chi connectivity index (χ2n) is 5.00. The van der Waals surface area contributed by atoms with Crippen LogP contribution < -0.4 is 0 Å². The van der Waals surface area contributed by atoms with Crippen molar-refractivity contribution in [3.05, 3.63) is 39.1 Å². The molecule has 2 aliphatic heterocycles. The molecule has 3 nitrogen and oxygen atoms in total. The van der Waals surface area contributed by atoms with Gasteiger partial charge >= 0.3 is 0 Å². The van der Waals surface area contributed by atoms with E-state index in [1.54, 1.807) is 17.0 Å². The molecule has 0 spiro atoms. The van der Waals surface area contributed by atoms with Crippen LogP contribution in [0, 0.1) is 6.92 Å². The summed E-state index contributed by atoms with van der Waals surface area (Å²) >= 11 is 12.1. The number of aliphatic hydroxyl groups is 1. The van der Waals surface area contributed by atoms with Crippen molar-refractivity contribution in [1.82, 2.24) is 4.90 Å². The van der Waals surface area contributed by atoms with E-state index in [9.17, 15) is 9.90 Å². The number of hydrogen-bond acceptors (Lipinski definition) is 2. The molecular weight excluding hydrogens is 285 g/mol. The minimum absolute atomic E-state index is 0.132. The highest BCUT2D eigenvalue weighted by atomic mass is 35.5. The zero-order chi connectivity index (χ0) is 13.7. The summed E-state index contributed by atoms with van der Waals surface area (Å²) in [7, 11) is 0. The molecule has 19 heavy (non-hydrogen) atoms. The highest BCUT2D eigenvalue weighted by molar-refractivity contribution is 6.38. The Balaban J connectivity index is 2.17. The van der Waals surface area contributed by atoms with Gasteiger partial charge in [0.1, 0.15) is 5.76 Å². The van der Waals surface area contributed by atoms with Crippen LogP contribution in [0.4, 0.5) is 0 Å². The first-order valence-corrected chi connectivity index (χ1v) is 6.96. The van der Waals surface area contributed by atoms with Crippen LogP contribution in [0.15, 0.2) is 17.9 Å². The maximum atomic E-state index is 12.4. The Morgan fingerprint density at radius 3 is 2.74 bits per heavy atom. The van der Waals surface area contributed by atoms with Gasteiger partial charge in [-0.25, -0.2) is 0 Å². The summed E-state index contributed by atoms with van der Waals surface area (Å²) in [5.74, 6) is 0.0159. The lowest BCUT2D eigenvalue weighted by atomic mass is 9.98. The van der Waals surface area contributed by atoms with E-state index in [1.165, 1.54) is 0 Å². The van der Waals surface area contributed by atoms with Crippen LogP contribution >= 0.6 is 23.2 Å². The summed E-state index contributed by atoms with van der Waals surface area (Å²) in [5.41, 5.74) is 1.74. The molecule has 100 valence electrons. The molecule has 1 aromatic rings. The van der Waals surface area contributed by atoms with Crippen LogP contribution in [0.2, 0.25) is 10.0 Å². The fourth-order valence-corrected chi connectivity index (χ4v) is 3.66. The highest BCUT2D eigenvalue weighted by Crippen LogP contribution is 2.41. The molecular formula is C14H13Cl2NO2. The van der Waals surface area contributed by atoms with Crippen molar-refractivity contribution >= 4 is 34.7 Å². The molecule has 1 atom stereocenters. The second-order valence-corrected chi connectivity index (χ2v) is 5.84.